The highest BCUT2D eigenvalue weighted by molar-refractivity contribution is 5.91. The fourth-order valence-electron chi connectivity index (χ4n) is 3.73. The topological polar surface area (TPSA) is 26.3 Å². The van der Waals surface area contributed by atoms with Gasteiger partial charge < -0.3 is 4.74 Å². The number of esters is 1. The lowest BCUT2D eigenvalue weighted by Gasteiger charge is -2.24. The van der Waals surface area contributed by atoms with Gasteiger partial charge in [-0.1, -0.05) is 65.7 Å². The van der Waals surface area contributed by atoms with Crippen molar-refractivity contribution in [2.75, 3.05) is 0 Å². The summed E-state index contributed by atoms with van der Waals surface area (Å²) in [6, 6.07) is 17.1. The Hall–Kier alpha value is -2.35. The van der Waals surface area contributed by atoms with Gasteiger partial charge in [0.15, 0.2) is 0 Å². The normalized spacial score (nSPS) is 19.8. The van der Waals surface area contributed by atoms with Gasteiger partial charge in [0, 0.05) is 11.5 Å². The molecule has 0 amide bonds. The summed E-state index contributed by atoms with van der Waals surface area (Å²) in [7, 11) is 0. The maximum Gasteiger partial charge on any atom is 0.334 e. The first-order valence-corrected chi connectivity index (χ1v) is 9.00. The fraction of sp³-hybridized carbons (Fsp3) is 0.348. The minimum absolute atomic E-state index is 0.0490. The number of carbonyl (C=O) groups is 1. The summed E-state index contributed by atoms with van der Waals surface area (Å²) in [5, 5.41) is 0. The molecule has 0 spiro atoms. The Kier molecular flexibility index (Phi) is 5.08. The Balaban J connectivity index is 2.01. The molecule has 0 aromatic heterocycles. The van der Waals surface area contributed by atoms with E-state index >= 15 is 0 Å². The molecule has 2 nitrogen and oxygen atoms in total. The van der Waals surface area contributed by atoms with E-state index in [9.17, 15) is 4.79 Å². The zero-order chi connectivity index (χ0) is 18.0. The van der Waals surface area contributed by atoms with Crippen LogP contribution in [0.3, 0.4) is 0 Å². The standard InChI is InChI=1S/C23H26O2/c1-15(2)25-23(24)21-12-11-20(18-9-5-7-16(3)13-18)22(21)19-10-6-8-17(4)14-19/h5-10,12-15,20,22H,11H2,1-4H3/t20-,22+/m0/s1. The van der Waals surface area contributed by atoms with E-state index in [4.69, 9.17) is 4.74 Å². The molecule has 0 unspecified atom stereocenters. The summed E-state index contributed by atoms with van der Waals surface area (Å²) in [6.45, 7) is 8.00. The smallest absolute Gasteiger partial charge is 0.334 e. The molecule has 2 atom stereocenters. The minimum Gasteiger partial charge on any atom is -0.460 e. The molecule has 25 heavy (non-hydrogen) atoms. The van der Waals surface area contributed by atoms with Gasteiger partial charge in [0.05, 0.1) is 6.10 Å². The van der Waals surface area contributed by atoms with Gasteiger partial charge in [-0.05, 0) is 51.2 Å². The van der Waals surface area contributed by atoms with E-state index < -0.39 is 0 Å². The van der Waals surface area contributed by atoms with Gasteiger partial charge in [-0.25, -0.2) is 4.79 Å². The van der Waals surface area contributed by atoms with Crippen LogP contribution in [-0.2, 0) is 9.53 Å². The minimum atomic E-state index is -0.184. The van der Waals surface area contributed by atoms with Gasteiger partial charge >= 0.3 is 5.97 Å². The van der Waals surface area contributed by atoms with Crippen molar-refractivity contribution in [1.29, 1.82) is 0 Å². The SMILES string of the molecule is Cc1cccc([C@H]2C(C(=O)OC(C)C)=CC[C@H]2c2cccc(C)c2)c1. The van der Waals surface area contributed by atoms with Crippen LogP contribution < -0.4 is 0 Å². The molecule has 0 bridgehead atoms. The quantitative estimate of drug-likeness (QED) is 0.695. The van der Waals surface area contributed by atoms with E-state index in [0.29, 0.717) is 0 Å². The first-order valence-electron chi connectivity index (χ1n) is 9.00. The van der Waals surface area contributed by atoms with Crippen LogP contribution in [0, 0.1) is 13.8 Å². The Morgan fingerprint density at radius 3 is 2.20 bits per heavy atom. The van der Waals surface area contributed by atoms with E-state index in [-0.39, 0.29) is 23.9 Å². The predicted octanol–water partition coefficient (Wildman–Crippen LogP) is 5.45. The monoisotopic (exact) mass is 334 g/mol. The van der Waals surface area contributed by atoms with Gasteiger partial charge in [-0.15, -0.1) is 0 Å². The molecule has 0 aliphatic heterocycles. The summed E-state index contributed by atoms with van der Waals surface area (Å²) in [5.74, 6) is 0.140. The third-order valence-electron chi connectivity index (χ3n) is 4.78. The van der Waals surface area contributed by atoms with Gasteiger partial charge in [0.25, 0.3) is 0 Å². The molecular weight excluding hydrogens is 308 g/mol. The number of carbonyl (C=O) groups excluding carboxylic acids is 1. The largest absolute Gasteiger partial charge is 0.460 e. The highest BCUT2D eigenvalue weighted by Gasteiger charge is 2.36. The fourth-order valence-corrected chi connectivity index (χ4v) is 3.73. The van der Waals surface area contributed by atoms with Crippen LogP contribution in [0.25, 0.3) is 0 Å². The summed E-state index contributed by atoms with van der Waals surface area (Å²) in [4.78, 5) is 12.7. The molecular formula is C23H26O2. The van der Waals surface area contributed by atoms with E-state index in [1.807, 2.05) is 13.8 Å². The van der Waals surface area contributed by atoms with Crippen molar-refractivity contribution in [3.63, 3.8) is 0 Å². The lowest BCUT2D eigenvalue weighted by atomic mass is 9.80. The van der Waals surface area contributed by atoms with Crippen molar-refractivity contribution >= 4 is 5.97 Å². The van der Waals surface area contributed by atoms with Crippen molar-refractivity contribution in [1.82, 2.24) is 0 Å². The van der Waals surface area contributed by atoms with Crippen LogP contribution >= 0.6 is 0 Å². The second-order valence-corrected chi connectivity index (χ2v) is 7.26. The van der Waals surface area contributed by atoms with E-state index in [2.05, 4.69) is 68.5 Å². The molecule has 1 aliphatic carbocycles. The maximum absolute atomic E-state index is 12.7. The van der Waals surface area contributed by atoms with E-state index in [0.717, 1.165) is 12.0 Å². The Morgan fingerprint density at radius 2 is 1.60 bits per heavy atom. The Bertz CT molecular complexity index is 801. The molecule has 3 rings (SSSR count). The molecule has 0 heterocycles. The molecule has 2 aromatic carbocycles. The van der Waals surface area contributed by atoms with E-state index in [1.54, 1.807) is 0 Å². The molecule has 0 saturated carbocycles. The first kappa shape index (κ1) is 17.5. The van der Waals surface area contributed by atoms with E-state index in [1.165, 1.54) is 22.3 Å². The number of ether oxygens (including phenoxy) is 1. The van der Waals surface area contributed by atoms with Crippen LogP contribution in [0.2, 0.25) is 0 Å². The Labute approximate surface area is 150 Å². The van der Waals surface area contributed by atoms with Gasteiger partial charge in [-0.2, -0.15) is 0 Å². The molecule has 0 fully saturated rings. The second kappa shape index (κ2) is 7.26. The van der Waals surface area contributed by atoms with Crippen LogP contribution in [0.5, 0.6) is 0 Å². The molecule has 0 N–H and O–H groups in total. The first-order chi connectivity index (χ1) is 12.0. The predicted molar refractivity (Wildman–Crippen MR) is 102 cm³/mol. The zero-order valence-corrected chi connectivity index (χ0v) is 15.5. The Morgan fingerprint density at radius 1 is 1.00 bits per heavy atom. The molecule has 1 aliphatic rings. The molecule has 0 radical (unpaired) electrons. The number of aryl methyl sites for hydroxylation is 2. The number of allylic oxidation sites excluding steroid dienone is 1. The van der Waals surface area contributed by atoms with Gasteiger partial charge in [-0.3, -0.25) is 0 Å². The number of rotatable bonds is 4. The van der Waals surface area contributed by atoms with Gasteiger partial charge in [0.2, 0.25) is 0 Å². The van der Waals surface area contributed by atoms with Crippen molar-refractivity contribution in [2.24, 2.45) is 0 Å². The number of hydrogen-bond donors (Lipinski definition) is 0. The molecule has 2 heteroatoms. The molecule has 2 aromatic rings. The van der Waals surface area contributed by atoms with Crippen molar-refractivity contribution in [2.45, 2.75) is 52.1 Å². The number of benzene rings is 2. The van der Waals surface area contributed by atoms with Crippen LogP contribution in [0.4, 0.5) is 0 Å². The van der Waals surface area contributed by atoms with Crippen LogP contribution in [0.15, 0.2) is 60.2 Å². The van der Waals surface area contributed by atoms with Gasteiger partial charge in [0.1, 0.15) is 0 Å². The van der Waals surface area contributed by atoms with Crippen LogP contribution in [-0.4, -0.2) is 12.1 Å². The maximum atomic E-state index is 12.7. The summed E-state index contributed by atoms with van der Waals surface area (Å²) >= 11 is 0. The average Bonchev–Trinajstić information content (AvgIpc) is 2.99. The summed E-state index contributed by atoms with van der Waals surface area (Å²) < 4.78 is 5.52. The molecule has 0 saturated heterocycles. The highest BCUT2D eigenvalue weighted by atomic mass is 16.5. The summed E-state index contributed by atoms with van der Waals surface area (Å²) in [6.07, 6.45) is 2.83. The third-order valence-corrected chi connectivity index (χ3v) is 4.78. The summed E-state index contributed by atoms with van der Waals surface area (Å²) in [5.41, 5.74) is 5.74. The van der Waals surface area contributed by atoms with Crippen molar-refractivity contribution < 1.29 is 9.53 Å². The lowest BCUT2D eigenvalue weighted by molar-refractivity contribution is -0.142. The second-order valence-electron chi connectivity index (χ2n) is 7.26. The molecule has 130 valence electrons. The zero-order valence-electron chi connectivity index (χ0n) is 15.5. The highest BCUT2D eigenvalue weighted by Crippen LogP contribution is 2.46. The average molecular weight is 334 g/mol. The number of hydrogen-bond acceptors (Lipinski definition) is 2. The lowest BCUT2D eigenvalue weighted by Crippen LogP contribution is -2.19. The van der Waals surface area contributed by atoms with Crippen LogP contribution in [0.1, 0.15) is 54.4 Å². The van der Waals surface area contributed by atoms with Crippen molar-refractivity contribution in [3.8, 4) is 0 Å². The third kappa shape index (κ3) is 3.84. The van der Waals surface area contributed by atoms with Crippen molar-refractivity contribution in [3.05, 3.63) is 82.4 Å².